The zero-order valence-electron chi connectivity index (χ0n) is 12.3. The highest BCUT2D eigenvalue weighted by Crippen LogP contribution is 2.12. The molecule has 4 heteroatoms. The second-order valence-corrected chi connectivity index (χ2v) is 4.47. The second kappa shape index (κ2) is 10.9. The van der Waals surface area contributed by atoms with Crippen LogP contribution in [0.25, 0.3) is 0 Å². The lowest BCUT2D eigenvalue weighted by molar-refractivity contribution is -0.118. The highest BCUT2D eigenvalue weighted by molar-refractivity contribution is 7.80. The maximum absolute atomic E-state index is 10.6. The first-order valence-electron chi connectivity index (χ1n) is 6.70. The second-order valence-electron chi connectivity index (χ2n) is 3.96. The molecule has 0 spiro atoms. The maximum Gasteiger partial charge on any atom is 0.146 e. The zero-order chi connectivity index (χ0) is 14.7. The first-order chi connectivity index (χ1) is 9.13. The van der Waals surface area contributed by atoms with Crippen molar-refractivity contribution in [2.45, 2.75) is 44.6 Å². The monoisotopic (exact) mass is 283 g/mol. The van der Waals surface area contributed by atoms with Crippen molar-refractivity contribution in [3.63, 3.8) is 0 Å². The molecular weight excluding hydrogens is 258 g/mol. The highest BCUT2D eigenvalue weighted by atomic mass is 32.1. The molecule has 1 aliphatic rings. The van der Waals surface area contributed by atoms with Gasteiger partial charge >= 0.3 is 0 Å². The van der Waals surface area contributed by atoms with E-state index in [2.05, 4.69) is 17.9 Å². The van der Waals surface area contributed by atoms with E-state index >= 15 is 0 Å². The molecule has 2 rings (SSSR count). The summed E-state index contributed by atoms with van der Waals surface area (Å²) < 4.78 is 4.94. The number of hydrogen-bond donors (Lipinski definition) is 2. The third-order valence-corrected chi connectivity index (χ3v) is 2.92. The minimum atomic E-state index is 0.176. The minimum Gasteiger partial charge on any atom is -0.497 e. The van der Waals surface area contributed by atoms with Crippen molar-refractivity contribution in [2.75, 3.05) is 13.7 Å². The van der Waals surface area contributed by atoms with Crippen molar-refractivity contribution < 1.29 is 9.53 Å². The Morgan fingerprint density at radius 2 is 1.89 bits per heavy atom. The van der Waals surface area contributed by atoms with Gasteiger partial charge in [0.1, 0.15) is 11.5 Å². The van der Waals surface area contributed by atoms with Crippen molar-refractivity contribution in [3.05, 3.63) is 24.3 Å². The van der Waals surface area contributed by atoms with Crippen LogP contribution in [0.15, 0.2) is 29.2 Å². The summed E-state index contributed by atoms with van der Waals surface area (Å²) in [6, 6.07) is 7.71. The van der Waals surface area contributed by atoms with E-state index in [1.54, 1.807) is 14.0 Å². The van der Waals surface area contributed by atoms with Gasteiger partial charge in [0, 0.05) is 4.90 Å². The SMILES string of the molecule is CC.CC(=O)[C@@H]1CCCN1.COc1ccc(S)cc1. The van der Waals surface area contributed by atoms with Crippen LogP contribution in [0.1, 0.15) is 33.6 Å². The normalized spacial score (nSPS) is 16.6. The van der Waals surface area contributed by atoms with Crippen LogP contribution >= 0.6 is 12.6 Å². The van der Waals surface area contributed by atoms with Crippen LogP contribution in [0.3, 0.4) is 0 Å². The number of ether oxygens (including phenoxy) is 1. The van der Waals surface area contributed by atoms with Crippen LogP contribution in [-0.2, 0) is 4.79 Å². The number of carbonyl (C=O) groups is 1. The fourth-order valence-electron chi connectivity index (χ4n) is 1.61. The average molecular weight is 283 g/mol. The van der Waals surface area contributed by atoms with Crippen LogP contribution in [0.4, 0.5) is 0 Å². The van der Waals surface area contributed by atoms with Gasteiger partial charge in [-0.15, -0.1) is 12.6 Å². The first-order valence-corrected chi connectivity index (χ1v) is 7.15. The zero-order valence-corrected chi connectivity index (χ0v) is 13.2. The number of hydrogen-bond acceptors (Lipinski definition) is 4. The fraction of sp³-hybridized carbons (Fsp3) is 0.533. The van der Waals surface area contributed by atoms with Crippen LogP contribution in [0, 0.1) is 0 Å². The maximum atomic E-state index is 10.6. The van der Waals surface area contributed by atoms with E-state index in [1.807, 2.05) is 38.1 Å². The minimum absolute atomic E-state index is 0.176. The molecule has 0 amide bonds. The number of methoxy groups -OCH3 is 1. The summed E-state index contributed by atoms with van der Waals surface area (Å²) in [4.78, 5) is 11.5. The van der Waals surface area contributed by atoms with Gasteiger partial charge in [-0.05, 0) is 50.6 Å². The van der Waals surface area contributed by atoms with Crippen molar-refractivity contribution in [3.8, 4) is 5.75 Å². The van der Waals surface area contributed by atoms with Gasteiger partial charge < -0.3 is 10.1 Å². The summed E-state index contributed by atoms with van der Waals surface area (Å²) in [5, 5.41) is 3.11. The topological polar surface area (TPSA) is 38.3 Å². The molecule has 0 aromatic heterocycles. The molecule has 1 heterocycles. The summed E-state index contributed by atoms with van der Waals surface area (Å²) in [5.74, 6) is 1.15. The molecule has 1 aliphatic heterocycles. The molecule has 1 saturated heterocycles. The molecule has 108 valence electrons. The smallest absolute Gasteiger partial charge is 0.146 e. The third-order valence-electron chi connectivity index (χ3n) is 2.62. The predicted molar refractivity (Wildman–Crippen MR) is 83.3 cm³/mol. The van der Waals surface area contributed by atoms with E-state index in [4.69, 9.17) is 4.74 Å². The molecule has 1 aromatic rings. The van der Waals surface area contributed by atoms with Crippen molar-refractivity contribution in [2.24, 2.45) is 0 Å². The number of carbonyl (C=O) groups excluding carboxylic acids is 1. The summed E-state index contributed by atoms with van der Waals surface area (Å²) in [6.07, 6.45) is 2.19. The van der Waals surface area contributed by atoms with Crippen LogP contribution < -0.4 is 10.1 Å². The van der Waals surface area contributed by atoms with Gasteiger partial charge in [0.05, 0.1) is 13.2 Å². The van der Waals surface area contributed by atoms with Gasteiger partial charge in [-0.25, -0.2) is 0 Å². The summed E-state index contributed by atoms with van der Waals surface area (Å²) in [5.41, 5.74) is 0. The average Bonchev–Trinajstić information content (AvgIpc) is 2.97. The van der Waals surface area contributed by atoms with Gasteiger partial charge in [0.2, 0.25) is 0 Å². The van der Waals surface area contributed by atoms with E-state index in [0.717, 1.165) is 30.0 Å². The number of benzene rings is 1. The lowest BCUT2D eigenvalue weighted by Crippen LogP contribution is -2.28. The molecule has 1 atom stereocenters. The Bertz CT molecular complexity index is 346. The van der Waals surface area contributed by atoms with E-state index in [0.29, 0.717) is 0 Å². The lowest BCUT2D eigenvalue weighted by atomic mass is 10.2. The number of Topliss-reactive ketones (excluding diaryl/α,β-unsaturated/α-hetero) is 1. The Labute approximate surface area is 122 Å². The summed E-state index contributed by atoms with van der Waals surface area (Å²) >= 11 is 4.11. The molecule has 1 aromatic carbocycles. The Kier molecular flexibility index (Phi) is 10.3. The fourth-order valence-corrected chi connectivity index (χ4v) is 1.76. The van der Waals surface area contributed by atoms with Crippen LogP contribution in [-0.4, -0.2) is 25.5 Å². The number of thiol groups is 1. The number of ketones is 1. The molecule has 0 saturated carbocycles. The van der Waals surface area contributed by atoms with Crippen molar-refractivity contribution in [1.29, 1.82) is 0 Å². The largest absolute Gasteiger partial charge is 0.497 e. The molecular formula is C15H25NO2S. The molecule has 19 heavy (non-hydrogen) atoms. The Hall–Kier alpha value is -1.00. The standard InChI is InChI=1S/C7H8OS.C6H11NO.C2H6/c1-8-6-2-4-7(9)5-3-6;1-5(8)6-3-2-4-7-6;1-2/h2-5,9H,1H3;6-7H,2-4H2,1H3;1-2H3/t;6-;/m.0./s1. The van der Waals surface area contributed by atoms with Gasteiger partial charge in [-0.1, -0.05) is 13.8 Å². The van der Waals surface area contributed by atoms with E-state index in [9.17, 15) is 4.79 Å². The summed E-state index contributed by atoms with van der Waals surface area (Å²) in [7, 11) is 1.65. The number of rotatable bonds is 2. The molecule has 0 bridgehead atoms. The molecule has 1 N–H and O–H groups in total. The Morgan fingerprint density at radius 1 is 1.32 bits per heavy atom. The van der Waals surface area contributed by atoms with Gasteiger partial charge in [-0.2, -0.15) is 0 Å². The van der Waals surface area contributed by atoms with Gasteiger partial charge in [0.25, 0.3) is 0 Å². The van der Waals surface area contributed by atoms with Crippen molar-refractivity contribution in [1.82, 2.24) is 5.32 Å². The molecule has 0 radical (unpaired) electrons. The van der Waals surface area contributed by atoms with Gasteiger partial charge in [0.15, 0.2) is 0 Å². The first kappa shape index (κ1) is 18.0. The van der Waals surface area contributed by atoms with Crippen LogP contribution in [0.5, 0.6) is 5.75 Å². The third kappa shape index (κ3) is 7.90. The van der Waals surface area contributed by atoms with Gasteiger partial charge in [-0.3, -0.25) is 4.79 Å². The Morgan fingerprint density at radius 3 is 2.21 bits per heavy atom. The molecule has 3 nitrogen and oxygen atoms in total. The van der Waals surface area contributed by atoms with E-state index in [1.165, 1.54) is 0 Å². The van der Waals surface area contributed by atoms with Crippen molar-refractivity contribution >= 4 is 18.4 Å². The quantitative estimate of drug-likeness (QED) is 0.818. The van der Waals surface area contributed by atoms with Crippen LogP contribution in [0.2, 0.25) is 0 Å². The highest BCUT2D eigenvalue weighted by Gasteiger charge is 2.17. The predicted octanol–water partition coefficient (Wildman–Crippen LogP) is 3.34. The summed E-state index contributed by atoms with van der Waals surface area (Å²) in [6.45, 7) is 6.66. The van der Waals surface area contributed by atoms with E-state index < -0.39 is 0 Å². The molecule has 0 aliphatic carbocycles. The number of nitrogens with one attached hydrogen (secondary N) is 1. The molecule has 0 unspecified atom stereocenters. The molecule has 1 fully saturated rings. The Balaban J connectivity index is 0.000000303. The van der Waals surface area contributed by atoms with E-state index in [-0.39, 0.29) is 11.8 Å². The lowest BCUT2D eigenvalue weighted by Gasteiger charge is -2.01.